The molecule has 0 radical (unpaired) electrons. The molecule has 2 rings (SSSR count). The third-order valence-electron chi connectivity index (χ3n) is 3.28. The van der Waals surface area contributed by atoms with E-state index in [1.807, 2.05) is 18.8 Å². The lowest BCUT2D eigenvalue weighted by Crippen LogP contribution is -2.26. The average molecular weight is 287 g/mol. The van der Waals surface area contributed by atoms with Crippen LogP contribution in [0.1, 0.15) is 6.42 Å². The fourth-order valence-electron chi connectivity index (χ4n) is 2.38. The topological polar surface area (TPSA) is 15.3 Å². The molecule has 1 N–H and O–H groups in total. The van der Waals surface area contributed by atoms with Crippen LogP contribution in [0.4, 0.5) is 0 Å². The van der Waals surface area contributed by atoms with E-state index in [2.05, 4.69) is 40.5 Å². The van der Waals surface area contributed by atoms with E-state index in [1.54, 1.807) is 0 Å². The van der Waals surface area contributed by atoms with Crippen molar-refractivity contribution in [1.82, 2.24) is 10.2 Å². The predicted octanol–water partition coefficient (Wildman–Crippen LogP) is 2.74. The molecule has 1 aliphatic heterocycles. The van der Waals surface area contributed by atoms with E-state index in [9.17, 15) is 0 Å². The van der Waals surface area contributed by atoms with Gasteiger partial charge in [-0.15, -0.1) is 24.2 Å². The molecule has 18 heavy (non-hydrogen) atoms. The summed E-state index contributed by atoms with van der Waals surface area (Å²) in [6, 6.07) is 10.7. The van der Waals surface area contributed by atoms with Gasteiger partial charge in [-0.2, -0.15) is 0 Å². The molecule has 0 amide bonds. The molecule has 0 aromatic heterocycles. The highest BCUT2D eigenvalue weighted by Crippen LogP contribution is 2.19. The van der Waals surface area contributed by atoms with Gasteiger partial charge in [-0.1, -0.05) is 18.2 Å². The van der Waals surface area contributed by atoms with Gasteiger partial charge in [-0.05, 0) is 44.6 Å². The largest absolute Gasteiger partial charge is 0.319 e. The van der Waals surface area contributed by atoms with Gasteiger partial charge in [0.05, 0.1) is 0 Å². The van der Waals surface area contributed by atoms with Gasteiger partial charge in [-0.3, -0.25) is 0 Å². The minimum absolute atomic E-state index is 0. The number of rotatable bonds is 6. The Hall–Kier alpha value is -0.220. The fraction of sp³-hybridized carbons (Fsp3) is 0.571. The van der Waals surface area contributed by atoms with Crippen molar-refractivity contribution >= 4 is 24.2 Å². The monoisotopic (exact) mass is 286 g/mol. The number of halogens is 1. The summed E-state index contributed by atoms with van der Waals surface area (Å²) < 4.78 is 0. The highest BCUT2D eigenvalue weighted by Gasteiger charge is 2.20. The Bertz CT molecular complexity index is 321. The summed E-state index contributed by atoms with van der Waals surface area (Å²) in [5.74, 6) is 2.07. The summed E-state index contributed by atoms with van der Waals surface area (Å²) in [6.07, 6.45) is 1.36. The van der Waals surface area contributed by atoms with E-state index >= 15 is 0 Å². The van der Waals surface area contributed by atoms with E-state index in [0.29, 0.717) is 0 Å². The van der Waals surface area contributed by atoms with E-state index in [0.717, 1.165) is 5.92 Å². The zero-order valence-corrected chi connectivity index (χ0v) is 12.6. The second-order valence-electron chi connectivity index (χ2n) is 4.67. The molecule has 0 aliphatic carbocycles. The van der Waals surface area contributed by atoms with Crippen molar-refractivity contribution < 1.29 is 0 Å². The highest BCUT2D eigenvalue weighted by atomic mass is 35.5. The van der Waals surface area contributed by atoms with Crippen LogP contribution in [0.2, 0.25) is 0 Å². The molecule has 0 bridgehead atoms. The number of nitrogens with one attached hydrogen (secondary N) is 1. The van der Waals surface area contributed by atoms with Crippen molar-refractivity contribution in [2.24, 2.45) is 5.92 Å². The minimum Gasteiger partial charge on any atom is -0.319 e. The summed E-state index contributed by atoms with van der Waals surface area (Å²) in [5, 5.41) is 3.28. The summed E-state index contributed by atoms with van der Waals surface area (Å²) in [7, 11) is 2.05. The molecule has 1 heterocycles. The number of nitrogens with zero attached hydrogens (tertiary/aromatic N) is 1. The molecular formula is C14H23ClN2S. The minimum atomic E-state index is 0. The lowest BCUT2D eigenvalue weighted by Gasteiger charge is -2.15. The van der Waals surface area contributed by atoms with Crippen molar-refractivity contribution in [2.45, 2.75) is 11.3 Å². The molecule has 1 fully saturated rings. The van der Waals surface area contributed by atoms with Gasteiger partial charge in [0, 0.05) is 23.7 Å². The van der Waals surface area contributed by atoms with Crippen molar-refractivity contribution in [3.05, 3.63) is 30.3 Å². The van der Waals surface area contributed by atoms with Crippen molar-refractivity contribution in [2.75, 3.05) is 39.0 Å². The summed E-state index contributed by atoms with van der Waals surface area (Å²) in [6.45, 7) is 4.94. The number of hydrogen-bond donors (Lipinski definition) is 1. The van der Waals surface area contributed by atoms with Crippen molar-refractivity contribution in [1.29, 1.82) is 0 Å². The SMILES string of the molecule is CNCC1CCN(CCSc2ccccc2)C1.Cl. The van der Waals surface area contributed by atoms with Gasteiger partial charge < -0.3 is 10.2 Å². The maximum atomic E-state index is 3.28. The Kier molecular flexibility index (Phi) is 7.75. The summed E-state index contributed by atoms with van der Waals surface area (Å²) >= 11 is 1.96. The van der Waals surface area contributed by atoms with Crippen LogP contribution in [0.25, 0.3) is 0 Å². The van der Waals surface area contributed by atoms with Crippen LogP contribution in [0.3, 0.4) is 0 Å². The van der Waals surface area contributed by atoms with E-state index in [-0.39, 0.29) is 12.4 Å². The normalized spacial score (nSPS) is 19.7. The lowest BCUT2D eigenvalue weighted by atomic mass is 10.1. The molecule has 0 spiro atoms. The summed E-state index contributed by atoms with van der Waals surface area (Å²) in [4.78, 5) is 3.98. The van der Waals surface area contributed by atoms with Gasteiger partial charge in [-0.25, -0.2) is 0 Å². The molecular weight excluding hydrogens is 264 g/mol. The van der Waals surface area contributed by atoms with E-state index in [4.69, 9.17) is 0 Å². The third kappa shape index (κ3) is 5.19. The molecule has 1 aromatic carbocycles. The Morgan fingerprint density at radius 1 is 1.33 bits per heavy atom. The Balaban J connectivity index is 0.00000162. The molecule has 0 saturated carbocycles. The quantitative estimate of drug-likeness (QED) is 0.810. The van der Waals surface area contributed by atoms with Gasteiger partial charge in [0.15, 0.2) is 0 Å². The maximum absolute atomic E-state index is 3.28. The predicted molar refractivity (Wildman–Crippen MR) is 82.9 cm³/mol. The molecule has 1 atom stereocenters. The molecule has 4 heteroatoms. The average Bonchev–Trinajstić information content (AvgIpc) is 2.79. The van der Waals surface area contributed by atoms with Crippen molar-refractivity contribution in [3.8, 4) is 0 Å². The van der Waals surface area contributed by atoms with Crippen LogP contribution in [0, 0.1) is 5.92 Å². The molecule has 1 aliphatic rings. The second-order valence-corrected chi connectivity index (χ2v) is 5.84. The van der Waals surface area contributed by atoms with Crippen LogP contribution in [0.15, 0.2) is 35.2 Å². The number of likely N-dealkylation sites (tertiary alicyclic amines) is 1. The Morgan fingerprint density at radius 2 is 2.11 bits per heavy atom. The zero-order chi connectivity index (χ0) is 11.9. The first-order valence-electron chi connectivity index (χ1n) is 6.43. The molecule has 1 unspecified atom stereocenters. The molecule has 1 aromatic rings. The van der Waals surface area contributed by atoms with Gasteiger partial charge in [0.25, 0.3) is 0 Å². The van der Waals surface area contributed by atoms with E-state index in [1.165, 1.54) is 43.2 Å². The standard InChI is InChI=1S/C14H22N2S.ClH/c1-15-11-13-7-8-16(12-13)9-10-17-14-5-3-2-4-6-14;/h2-6,13,15H,7-12H2,1H3;1H. The third-order valence-corrected chi connectivity index (χ3v) is 4.27. The zero-order valence-electron chi connectivity index (χ0n) is 11.0. The maximum Gasteiger partial charge on any atom is 0.0108 e. The molecule has 2 nitrogen and oxygen atoms in total. The number of hydrogen-bond acceptors (Lipinski definition) is 3. The van der Waals surface area contributed by atoms with E-state index < -0.39 is 0 Å². The lowest BCUT2D eigenvalue weighted by molar-refractivity contribution is 0.343. The Labute approximate surface area is 121 Å². The molecule has 102 valence electrons. The number of benzene rings is 1. The number of thioether (sulfide) groups is 1. The van der Waals surface area contributed by atoms with Gasteiger partial charge >= 0.3 is 0 Å². The van der Waals surface area contributed by atoms with Crippen molar-refractivity contribution in [3.63, 3.8) is 0 Å². The first-order chi connectivity index (χ1) is 8.38. The fourth-order valence-corrected chi connectivity index (χ4v) is 3.32. The van der Waals surface area contributed by atoms with Gasteiger partial charge in [0.2, 0.25) is 0 Å². The van der Waals surface area contributed by atoms with Crippen LogP contribution < -0.4 is 5.32 Å². The smallest absolute Gasteiger partial charge is 0.0108 e. The van der Waals surface area contributed by atoms with Gasteiger partial charge in [0.1, 0.15) is 0 Å². The first kappa shape index (κ1) is 15.8. The van der Waals surface area contributed by atoms with Crippen LogP contribution in [-0.2, 0) is 0 Å². The van der Waals surface area contributed by atoms with Crippen LogP contribution in [-0.4, -0.2) is 43.9 Å². The summed E-state index contributed by atoms with van der Waals surface area (Å²) in [5.41, 5.74) is 0. The molecule has 1 saturated heterocycles. The van der Waals surface area contributed by atoms with Crippen LogP contribution >= 0.6 is 24.2 Å². The Morgan fingerprint density at radius 3 is 2.83 bits per heavy atom. The van der Waals surface area contributed by atoms with Crippen LogP contribution in [0.5, 0.6) is 0 Å². The highest BCUT2D eigenvalue weighted by molar-refractivity contribution is 7.99. The second kappa shape index (κ2) is 8.81. The first-order valence-corrected chi connectivity index (χ1v) is 7.42.